The number of likely N-dealkylation sites (tertiary alicyclic amines) is 1. The Morgan fingerprint density at radius 3 is 2.46 bits per heavy atom. The van der Waals surface area contributed by atoms with Crippen molar-refractivity contribution in [1.29, 1.82) is 0 Å². The van der Waals surface area contributed by atoms with E-state index in [1.54, 1.807) is 4.31 Å². The maximum atomic E-state index is 13.1. The molecule has 24 heavy (non-hydrogen) atoms. The molecule has 8 heteroatoms. The van der Waals surface area contributed by atoms with Crippen molar-refractivity contribution in [1.82, 2.24) is 14.5 Å². The van der Waals surface area contributed by atoms with Gasteiger partial charge in [-0.15, -0.1) is 12.4 Å². The molecule has 0 radical (unpaired) electrons. The van der Waals surface area contributed by atoms with Crippen LogP contribution in [0.5, 0.6) is 0 Å². The molecular formula is C16H25ClFN3O2S. The molecule has 0 amide bonds. The van der Waals surface area contributed by atoms with Crippen molar-refractivity contribution in [3.05, 3.63) is 30.1 Å². The normalized spacial score (nSPS) is 22.0. The van der Waals surface area contributed by atoms with Crippen molar-refractivity contribution >= 4 is 22.4 Å². The van der Waals surface area contributed by atoms with Crippen LogP contribution in [-0.2, 0) is 10.0 Å². The van der Waals surface area contributed by atoms with E-state index in [1.807, 2.05) is 0 Å². The highest BCUT2D eigenvalue weighted by Crippen LogP contribution is 2.22. The first-order valence-electron chi connectivity index (χ1n) is 8.28. The fraction of sp³-hybridized carbons (Fsp3) is 0.625. The van der Waals surface area contributed by atoms with Crippen LogP contribution < -0.4 is 5.32 Å². The van der Waals surface area contributed by atoms with Gasteiger partial charge in [-0.05, 0) is 63.2 Å². The molecule has 1 N–H and O–H groups in total. The SMILES string of the molecule is Cl.O=S(=O)(c1ccc(F)cc1)N(CCN1CCCC1)C1CCNC1. The van der Waals surface area contributed by atoms with Crippen LogP contribution in [0.4, 0.5) is 4.39 Å². The maximum Gasteiger partial charge on any atom is 0.243 e. The third kappa shape index (κ3) is 4.46. The molecular weight excluding hydrogens is 353 g/mol. The number of halogens is 2. The zero-order valence-electron chi connectivity index (χ0n) is 13.7. The summed E-state index contributed by atoms with van der Waals surface area (Å²) in [6, 6.07) is 5.11. The number of hydrogen-bond acceptors (Lipinski definition) is 4. The highest BCUT2D eigenvalue weighted by atomic mass is 35.5. The van der Waals surface area contributed by atoms with Gasteiger partial charge in [0.25, 0.3) is 0 Å². The molecule has 2 fully saturated rings. The lowest BCUT2D eigenvalue weighted by Crippen LogP contribution is -2.45. The summed E-state index contributed by atoms with van der Waals surface area (Å²) in [5.41, 5.74) is 0. The van der Waals surface area contributed by atoms with E-state index in [0.717, 1.165) is 32.6 Å². The van der Waals surface area contributed by atoms with E-state index < -0.39 is 15.8 Å². The molecule has 2 saturated heterocycles. The van der Waals surface area contributed by atoms with Crippen LogP contribution in [0, 0.1) is 5.82 Å². The van der Waals surface area contributed by atoms with Gasteiger partial charge in [-0.2, -0.15) is 4.31 Å². The predicted molar refractivity (Wildman–Crippen MR) is 94.5 cm³/mol. The molecule has 0 aromatic heterocycles. The first-order chi connectivity index (χ1) is 11.1. The first kappa shape index (κ1) is 19.6. The lowest BCUT2D eigenvalue weighted by atomic mass is 10.2. The van der Waals surface area contributed by atoms with Gasteiger partial charge in [0.05, 0.1) is 4.90 Å². The lowest BCUT2D eigenvalue weighted by Gasteiger charge is -2.29. The summed E-state index contributed by atoms with van der Waals surface area (Å²) in [5, 5.41) is 3.23. The average Bonchev–Trinajstić information content (AvgIpc) is 3.21. The maximum absolute atomic E-state index is 13.1. The zero-order chi connectivity index (χ0) is 16.3. The van der Waals surface area contributed by atoms with Crippen LogP contribution in [0.15, 0.2) is 29.2 Å². The monoisotopic (exact) mass is 377 g/mol. The Bertz CT molecular complexity index is 615. The van der Waals surface area contributed by atoms with Crippen molar-refractivity contribution in [2.75, 3.05) is 39.3 Å². The van der Waals surface area contributed by atoms with E-state index in [1.165, 1.54) is 37.1 Å². The molecule has 0 aliphatic carbocycles. The van der Waals surface area contributed by atoms with Gasteiger partial charge in [0.15, 0.2) is 0 Å². The summed E-state index contributed by atoms with van der Waals surface area (Å²) < 4.78 is 40.7. The number of sulfonamides is 1. The molecule has 0 spiro atoms. The average molecular weight is 378 g/mol. The second-order valence-electron chi connectivity index (χ2n) is 6.27. The van der Waals surface area contributed by atoms with Crippen LogP contribution >= 0.6 is 12.4 Å². The molecule has 0 saturated carbocycles. The van der Waals surface area contributed by atoms with Crippen molar-refractivity contribution in [2.24, 2.45) is 0 Å². The molecule has 0 bridgehead atoms. The molecule has 1 atom stereocenters. The van der Waals surface area contributed by atoms with Crippen molar-refractivity contribution in [3.8, 4) is 0 Å². The number of hydrogen-bond donors (Lipinski definition) is 1. The van der Waals surface area contributed by atoms with E-state index in [9.17, 15) is 12.8 Å². The highest BCUT2D eigenvalue weighted by Gasteiger charge is 2.33. The fourth-order valence-electron chi connectivity index (χ4n) is 3.37. The molecule has 1 aromatic rings. The van der Waals surface area contributed by atoms with Crippen LogP contribution in [0.3, 0.4) is 0 Å². The predicted octanol–water partition coefficient (Wildman–Crippen LogP) is 1.70. The first-order valence-corrected chi connectivity index (χ1v) is 9.72. The van der Waals surface area contributed by atoms with Crippen molar-refractivity contribution in [2.45, 2.75) is 30.2 Å². The minimum absolute atomic E-state index is 0. The van der Waals surface area contributed by atoms with Gasteiger partial charge in [0, 0.05) is 25.7 Å². The summed E-state index contributed by atoms with van der Waals surface area (Å²) >= 11 is 0. The quantitative estimate of drug-likeness (QED) is 0.819. The highest BCUT2D eigenvalue weighted by molar-refractivity contribution is 7.89. The minimum atomic E-state index is -3.59. The summed E-state index contributed by atoms with van der Waals surface area (Å²) in [5.74, 6) is -0.421. The van der Waals surface area contributed by atoms with Gasteiger partial charge in [-0.1, -0.05) is 0 Å². The Labute approximate surface area is 149 Å². The van der Waals surface area contributed by atoms with E-state index in [4.69, 9.17) is 0 Å². The Balaban J connectivity index is 0.00000208. The third-order valence-electron chi connectivity index (χ3n) is 4.70. The minimum Gasteiger partial charge on any atom is -0.315 e. The fourth-order valence-corrected chi connectivity index (χ4v) is 5.02. The second-order valence-corrected chi connectivity index (χ2v) is 8.16. The molecule has 2 heterocycles. The van der Waals surface area contributed by atoms with Crippen LogP contribution in [0.25, 0.3) is 0 Å². The molecule has 3 rings (SSSR count). The summed E-state index contributed by atoms with van der Waals surface area (Å²) in [6.45, 7) is 4.87. The van der Waals surface area contributed by atoms with Gasteiger partial charge in [0.1, 0.15) is 5.82 Å². The van der Waals surface area contributed by atoms with Gasteiger partial charge in [-0.25, -0.2) is 12.8 Å². The molecule has 1 aromatic carbocycles. The van der Waals surface area contributed by atoms with Crippen LogP contribution in [-0.4, -0.2) is 62.9 Å². The van der Waals surface area contributed by atoms with E-state index in [2.05, 4.69) is 10.2 Å². The van der Waals surface area contributed by atoms with Crippen LogP contribution in [0.2, 0.25) is 0 Å². The number of nitrogens with zero attached hydrogens (tertiary/aromatic N) is 2. The molecule has 1 unspecified atom stereocenters. The van der Waals surface area contributed by atoms with E-state index >= 15 is 0 Å². The smallest absolute Gasteiger partial charge is 0.243 e. The zero-order valence-corrected chi connectivity index (χ0v) is 15.3. The summed E-state index contributed by atoms with van der Waals surface area (Å²) in [4.78, 5) is 2.49. The Morgan fingerprint density at radius 1 is 1.21 bits per heavy atom. The third-order valence-corrected chi connectivity index (χ3v) is 6.66. The van der Waals surface area contributed by atoms with E-state index in [0.29, 0.717) is 13.1 Å². The molecule has 2 aliphatic rings. The standard InChI is InChI=1S/C16H24FN3O2S.ClH/c17-14-3-5-16(6-4-14)23(21,22)20(15-7-8-18-13-15)12-11-19-9-1-2-10-19;/h3-6,15,18H,1-2,7-13H2;1H. The Kier molecular flexibility index (Phi) is 7.00. The number of benzene rings is 1. The van der Waals surface area contributed by atoms with Gasteiger partial charge < -0.3 is 10.2 Å². The largest absolute Gasteiger partial charge is 0.315 e. The van der Waals surface area contributed by atoms with Crippen molar-refractivity contribution < 1.29 is 12.8 Å². The summed E-state index contributed by atoms with van der Waals surface area (Å²) in [6.07, 6.45) is 3.20. The molecule has 5 nitrogen and oxygen atoms in total. The Morgan fingerprint density at radius 2 is 1.88 bits per heavy atom. The van der Waals surface area contributed by atoms with Crippen LogP contribution in [0.1, 0.15) is 19.3 Å². The molecule has 136 valence electrons. The van der Waals surface area contributed by atoms with Gasteiger partial charge in [0.2, 0.25) is 10.0 Å². The lowest BCUT2D eigenvalue weighted by molar-refractivity contribution is 0.265. The van der Waals surface area contributed by atoms with Gasteiger partial charge >= 0.3 is 0 Å². The van der Waals surface area contributed by atoms with Crippen molar-refractivity contribution in [3.63, 3.8) is 0 Å². The topological polar surface area (TPSA) is 52.7 Å². The second kappa shape index (κ2) is 8.58. The molecule has 2 aliphatic heterocycles. The Hall–Kier alpha value is -0.730. The van der Waals surface area contributed by atoms with E-state index in [-0.39, 0.29) is 23.3 Å². The number of rotatable bonds is 6. The summed E-state index contributed by atoms with van der Waals surface area (Å²) in [7, 11) is -3.59. The van der Waals surface area contributed by atoms with Gasteiger partial charge in [-0.3, -0.25) is 0 Å². The number of nitrogens with one attached hydrogen (secondary N) is 1.